The lowest BCUT2D eigenvalue weighted by Gasteiger charge is -2.35. The molecule has 122 valence electrons. The quantitative estimate of drug-likeness (QED) is 0.692. The maximum atomic E-state index is 12.6. The van der Waals surface area contributed by atoms with Gasteiger partial charge in [-0.25, -0.2) is 0 Å². The average Bonchev–Trinajstić information content (AvgIpc) is 2.99. The Morgan fingerprint density at radius 2 is 1.90 bits per heavy atom. The first kappa shape index (κ1) is 16.7. The molecule has 6 nitrogen and oxygen atoms in total. The topological polar surface area (TPSA) is 62.8 Å². The molecule has 0 saturated carbocycles. The molecule has 2 rings (SSSR count). The van der Waals surface area contributed by atoms with Crippen LogP contribution in [0.4, 0.5) is 0 Å². The number of carbonyl (C=O) groups is 1. The molecule has 2 atom stereocenters. The van der Waals surface area contributed by atoms with Crippen LogP contribution < -0.4 is 10.6 Å². The molecule has 0 spiro atoms. The summed E-state index contributed by atoms with van der Waals surface area (Å²) in [5.41, 5.74) is 0. The number of likely N-dealkylation sites (tertiary alicyclic amines) is 1. The first-order chi connectivity index (χ1) is 10.2. The summed E-state index contributed by atoms with van der Waals surface area (Å²) in [6.45, 7) is 5.07. The standard InChI is InChI=1S/C15H29N3O3/c1-11(15(20-2)21-3)17-14(19)13-5-4-10-18(13)12-6-8-16-9-7-12/h11-13,15-16H,4-10H2,1-3H3,(H,17,19). The summed E-state index contributed by atoms with van der Waals surface area (Å²) in [5, 5.41) is 6.43. The monoisotopic (exact) mass is 299 g/mol. The minimum atomic E-state index is -0.400. The Morgan fingerprint density at radius 1 is 1.24 bits per heavy atom. The Labute approximate surface area is 127 Å². The Hall–Kier alpha value is -0.690. The van der Waals surface area contributed by atoms with E-state index in [1.807, 2.05) is 6.92 Å². The molecular weight excluding hydrogens is 270 g/mol. The lowest BCUT2D eigenvalue weighted by Crippen LogP contribution is -2.53. The van der Waals surface area contributed by atoms with E-state index in [4.69, 9.17) is 9.47 Å². The van der Waals surface area contributed by atoms with Crippen LogP contribution in [0.3, 0.4) is 0 Å². The molecule has 2 aliphatic heterocycles. The third-order valence-corrected chi connectivity index (χ3v) is 4.62. The van der Waals surface area contributed by atoms with E-state index < -0.39 is 6.29 Å². The van der Waals surface area contributed by atoms with Gasteiger partial charge in [0.15, 0.2) is 6.29 Å². The maximum absolute atomic E-state index is 12.6. The van der Waals surface area contributed by atoms with Crippen LogP contribution in [0.25, 0.3) is 0 Å². The van der Waals surface area contributed by atoms with E-state index in [0.717, 1.165) is 45.3 Å². The minimum absolute atomic E-state index is 0.00455. The Balaban J connectivity index is 1.90. The molecule has 2 unspecified atom stereocenters. The summed E-state index contributed by atoms with van der Waals surface area (Å²) in [6, 6.07) is 0.397. The number of methoxy groups -OCH3 is 2. The largest absolute Gasteiger partial charge is 0.354 e. The molecule has 0 aromatic heterocycles. The summed E-state index contributed by atoms with van der Waals surface area (Å²) in [7, 11) is 3.18. The predicted molar refractivity (Wildman–Crippen MR) is 81.0 cm³/mol. The van der Waals surface area contributed by atoms with Gasteiger partial charge in [-0.05, 0) is 52.2 Å². The molecular formula is C15H29N3O3. The van der Waals surface area contributed by atoms with E-state index in [-0.39, 0.29) is 18.0 Å². The molecule has 0 bridgehead atoms. The fourth-order valence-corrected chi connectivity index (χ4v) is 3.54. The van der Waals surface area contributed by atoms with Gasteiger partial charge >= 0.3 is 0 Å². The molecule has 6 heteroatoms. The zero-order valence-electron chi connectivity index (χ0n) is 13.4. The van der Waals surface area contributed by atoms with Crippen LogP contribution >= 0.6 is 0 Å². The van der Waals surface area contributed by atoms with Crippen LogP contribution in [0.15, 0.2) is 0 Å². The minimum Gasteiger partial charge on any atom is -0.354 e. The number of carbonyl (C=O) groups excluding carboxylic acids is 1. The lowest BCUT2D eigenvalue weighted by atomic mass is 10.0. The molecule has 2 aliphatic rings. The van der Waals surface area contributed by atoms with Crippen LogP contribution in [0.1, 0.15) is 32.6 Å². The second kappa shape index (κ2) is 8.08. The zero-order valence-corrected chi connectivity index (χ0v) is 13.4. The third-order valence-electron chi connectivity index (χ3n) is 4.62. The molecule has 0 aliphatic carbocycles. The van der Waals surface area contributed by atoms with Crippen molar-refractivity contribution in [2.24, 2.45) is 0 Å². The van der Waals surface area contributed by atoms with Crippen molar-refractivity contribution in [2.75, 3.05) is 33.9 Å². The highest BCUT2D eigenvalue weighted by atomic mass is 16.7. The van der Waals surface area contributed by atoms with Gasteiger partial charge in [-0.3, -0.25) is 9.69 Å². The number of nitrogens with zero attached hydrogens (tertiary/aromatic N) is 1. The number of hydrogen-bond acceptors (Lipinski definition) is 5. The van der Waals surface area contributed by atoms with E-state index in [1.165, 1.54) is 0 Å². The van der Waals surface area contributed by atoms with Crippen molar-refractivity contribution in [3.05, 3.63) is 0 Å². The number of piperidine rings is 1. The van der Waals surface area contributed by atoms with Crippen molar-refractivity contribution in [1.82, 2.24) is 15.5 Å². The van der Waals surface area contributed by atoms with Crippen LogP contribution in [0, 0.1) is 0 Å². The summed E-state index contributed by atoms with van der Waals surface area (Å²) < 4.78 is 10.4. The predicted octanol–water partition coefficient (Wildman–Crippen LogP) is 0.326. The molecule has 0 radical (unpaired) electrons. The highest BCUT2D eigenvalue weighted by Crippen LogP contribution is 2.24. The molecule has 2 fully saturated rings. The van der Waals surface area contributed by atoms with Crippen molar-refractivity contribution in [2.45, 2.75) is 57.0 Å². The van der Waals surface area contributed by atoms with Gasteiger partial charge in [-0.1, -0.05) is 0 Å². The molecule has 21 heavy (non-hydrogen) atoms. The van der Waals surface area contributed by atoms with E-state index >= 15 is 0 Å². The summed E-state index contributed by atoms with van der Waals surface area (Å²) in [4.78, 5) is 15.0. The van der Waals surface area contributed by atoms with E-state index in [9.17, 15) is 4.79 Å². The molecule has 2 saturated heterocycles. The maximum Gasteiger partial charge on any atom is 0.237 e. The highest BCUT2D eigenvalue weighted by molar-refractivity contribution is 5.82. The number of amides is 1. The Bertz CT molecular complexity index is 330. The van der Waals surface area contributed by atoms with E-state index in [2.05, 4.69) is 15.5 Å². The van der Waals surface area contributed by atoms with Gasteiger partial charge < -0.3 is 20.1 Å². The van der Waals surface area contributed by atoms with Gasteiger partial charge in [0.2, 0.25) is 5.91 Å². The normalized spacial score (nSPS) is 26.2. The van der Waals surface area contributed by atoms with Crippen molar-refractivity contribution in [3.8, 4) is 0 Å². The summed E-state index contributed by atoms with van der Waals surface area (Å²) in [5.74, 6) is 0.109. The smallest absolute Gasteiger partial charge is 0.237 e. The SMILES string of the molecule is COC(OC)C(C)NC(=O)C1CCCN1C1CCNCC1. The highest BCUT2D eigenvalue weighted by Gasteiger charge is 2.36. The third kappa shape index (κ3) is 4.16. The average molecular weight is 299 g/mol. The fraction of sp³-hybridized carbons (Fsp3) is 0.933. The van der Waals surface area contributed by atoms with Gasteiger partial charge in [0.25, 0.3) is 0 Å². The van der Waals surface area contributed by atoms with Crippen molar-refractivity contribution in [3.63, 3.8) is 0 Å². The Morgan fingerprint density at radius 3 is 2.52 bits per heavy atom. The number of rotatable bonds is 6. The molecule has 1 amide bonds. The molecule has 2 N–H and O–H groups in total. The van der Waals surface area contributed by atoms with E-state index in [1.54, 1.807) is 14.2 Å². The number of ether oxygens (including phenoxy) is 2. The van der Waals surface area contributed by atoms with Crippen LogP contribution in [-0.2, 0) is 14.3 Å². The van der Waals surface area contributed by atoms with Gasteiger partial charge in [-0.15, -0.1) is 0 Å². The lowest BCUT2D eigenvalue weighted by molar-refractivity contribution is -0.139. The first-order valence-electron chi connectivity index (χ1n) is 7.99. The number of hydrogen-bond donors (Lipinski definition) is 2. The van der Waals surface area contributed by atoms with Gasteiger partial charge in [-0.2, -0.15) is 0 Å². The second-order valence-electron chi connectivity index (χ2n) is 6.01. The van der Waals surface area contributed by atoms with Gasteiger partial charge in [0, 0.05) is 20.3 Å². The summed E-state index contributed by atoms with van der Waals surface area (Å²) in [6.07, 6.45) is 3.93. The summed E-state index contributed by atoms with van der Waals surface area (Å²) >= 11 is 0. The van der Waals surface area contributed by atoms with Crippen LogP contribution in [0.2, 0.25) is 0 Å². The van der Waals surface area contributed by atoms with Gasteiger partial charge in [0.1, 0.15) is 0 Å². The fourth-order valence-electron chi connectivity index (χ4n) is 3.54. The van der Waals surface area contributed by atoms with Crippen LogP contribution in [-0.4, -0.2) is 69.1 Å². The molecule has 0 aromatic rings. The second-order valence-corrected chi connectivity index (χ2v) is 6.01. The Kier molecular flexibility index (Phi) is 6.41. The zero-order chi connectivity index (χ0) is 15.2. The molecule has 0 aromatic carbocycles. The number of nitrogens with one attached hydrogen (secondary N) is 2. The van der Waals surface area contributed by atoms with Crippen LogP contribution in [0.5, 0.6) is 0 Å². The van der Waals surface area contributed by atoms with Crippen molar-refractivity contribution < 1.29 is 14.3 Å². The van der Waals surface area contributed by atoms with Gasteiger partial charge in [0.05, 0.1) is 12.1 Å². The van der Waals surface area contributed by atoms with Crippen molar-refractivity contribution >= 4 is 5.91 Å². The van der Waals surface area contributed by atoms with Crippen molar-refractivity contribution in [1.29, 1.82) is 0 Å². The molecule has 2 heterocycles. The van der Waals surface area contributed by atoms with E-state index in [0.29, 0.717) is 6.04 Å². The first-order valence-corrected chi connectivity index (χ1v) is 7.99.